The van der Waals surface area contributed by atoms with Crippen LogP contribution in [0.5, 0.6) is 11.8 Å². The fraction of sp³-hybridized carbons (Fsp3) is 0.333. The SMILES string of the molecule is COc1nc(C)nc(Cl)c1N.COc1nc(C)nc(Cl)c1[N+](=O)[O-]. The largest absolute Gasteiger partial charge is 0.479 e. The molecule has 2 aromatic rings. The number of nitro groups is 1. The molecule has 0 unspecified atom stereocenters. The lowest BCUT2D eigenvalue weighted by Crippen LogP contribution is -2.00. The third kappa shape index (κ3) is 4.77. The summed E-state index contributed by atoms with van der Waals surface area (Å²) in [5.74, 6) is 1.07. The van der Waals surface area contributed by atoms with Crippen LogP contribution in [0.4, 0.5) is 11.4 Å². The Morgan fingerprint density at radius 2 is 1.42 bits per heavy atom. The fourth-order valence-corrected chi connectivity index (χ4v) is 1.96. The Kier molecular flexibility index (Phi) is 6.86. The molecule has 2 aromatic heterocycles. The Labute approximate surface area is 147 Å². The number of aromatic nitrogens is 4. The van der Waals surface area contributed by atoms with Gasteiger partial charge in [0.25, 0.3) is 5.88 Å². The molecule has 0 saturated carbocycles. The van der Waals surface area contributed by atoms with Crippen molar-refractivity contribution in [1.82, 2.24) is 19.9 Å². The molecule has 130 valence electrons. The van der Waals surface area contributed by atoms with Crippen LogP contribution < -0.4 is 15.2 Å². The van der Waals surface area contributed by atoms with Crippen molar-refractivity contribution in [1.29, 1.82) is 0 Å². The van der Waals surface area contributed by atoms with Crippen molar-refractivity contribution >= 4 is 34.6 Å². The molecule has 0 aromatic carbocycles. The molecular formula is C12H14Cl2N6O4. The normalized spacial score (nSPS) is 9.75. The van der Waals surface area contributed by atoms with E-state index in [-0.39, 0.29) is 21.9 Å². The van der Waals surface area contributed by atoms with E-state index in [9.17, 15) is 10.1 Å². The quantitative estimate of drug-likeness (QED) is 0.485. The monoisotopic (exact) mass is 376 g/mol. The minimum Gasteiger partial charge on any atom is -0.479 e. The number of hydrogen-bond acceptors (Lipinski definition) is 9. The predicted molar refractivity (Wildman–Crippen MR) is 87.7 cm³/mol. The molecule has 2 rings (SSSR count). The summed E-state index contributed by atoms with van der Waals surface area (Å²) in [6.07, 6.45) is 0. The minimum atomic E-state index is -0.680. The molecule has 12 heteroatoms. The van der Waals surface area contributed by atoms with E-state index in [2.05, 4.69) is 19.9 Å². The number of nitrogens with zero attached hydrogens (tertiary/aromatic N) is 5. The lowest BCUT2D eigenvalue weighted by Gasteiger charge is -2.04. The number of ether oxygens (including phenoxy) is 2. The van der Waals surface area contributed by atoms with Gasteiger partial charge in [-0.15, -0.1) is 0 Å². The highest BCUT2D eigenvalue weighted by Gasteiger charge is 2.23. The minimum absolute atomic E-state index is 0.123. The second-order valence-electron chi connectivity index (χ2n) is 4.16. The van der Waals surface area contributed by atoms with Crippen molar-refractivity contribution in [2.24, 2.45) is 0 Å². The molecule has 10 nitrogen and oxygen atoms in total. The Morgan fingerprint density at radius 3 is 1.88 bits per heavy atom. The fourth-order valence-electron chi connectivity index (χ4n) is 1.48. The second kappa shape index (κ2) is 8.41. The smallest absolute Gasteiger partial charge is 0.367 e. The van der Waals surface area contributed by atoms with Gasteiger partial charge in [0.15, 0.2) is 5.15 Å². The van der Waals surface area contributed by atoms with Gasteiger partial charge in [-0.2, -0.15) is 9.97 Å². The predicted octanol–water partition coefficient (Wildman–Crippen LogP) is 2.38. The summed E-state index contributed by atoms with van der Waals surface area (Å²) < 4.78 is 9.54. The van der Waals surface area contributed by atoms with Gasteiger partial charge in [-0.1, -0.05) is 23.2 Å². The lowest BCUT2D eigenvalue weighted by atomic mass is 10.5. The first-order valence-corrected chi connectivity index (χ1v) is 7.02. The Morgan fingerprint density at radius 1 is 0.958 bits per heavy atom. The van der Waals surface area contributed by atoms with Crippen LogP contribution in [0.15, 0.2) is 0 Å². The summed E-state index contributed by atoms with van der Waals surface area (Å²) >= 11 is 11.2. The summed E-state index contributed by atoms with van der Waals surface area (Å²) in [5.41, 5.74) is 5.35. The highest BCUT2D eigenvalue weighted by molar-refractivity contribution is 6.32. The van der Waals surface area contributed by atoms with E-state index in [1.165, 1.54) is 14.2 Å². The van der Waals surface area contributed by atoms with Gasteiger partial charge in [0.1, 0.15) is 17.3 Å². The Hall–Kier alpha value is -2.46. The molecule has 0 atom stereocenters. The van der Waals surface area contributed by atoms with Crippen LogP contribution in [0.2, 0.25) is 10.3 Å². The van der Waals surface area contributed by atoms with E-state index in [0.29, 0.717) is 17.5 Å². The number of methoxy groups -OCH3 is 2. The summed E-state index contributed by atoms with van der Waals surface area (Å²) in [6.45, 7) is 3.28. The van der Waals surface area contributed by atoms with E-state index in [4.69, 9.17) is 38.4 Å². The van der Waals surface area contributed by atoms with E-state index >= 15 is 0 Å². The van der Waals surface area contributed by atoms with Crippen LogP contribution in [0, 0.1) is 24.0 Å². The zero-order valence-electron chi connectivity index (χ0n) is 13.2. The first kappa shape index (κ1) is 19.6. The molecule has 0 amide bonds. The average molecular weight is 377 g/mol. The van der Waals surface area contributed by atoms with Gasteiger partial charge in [-0.3, -0.25) is 10.1 Å². The molecule has 0 radical (unpaired) electrons. The number of nitrogens with two attached hydrogens (primary N) is 1. The second-order valence-corrected chi connectivity index (χ2v) is 4.88. The number of rotatable bonds is 3. The highest BCUT2D eigenvalue weighted by atomic mass is 35.5. The molecule has 0 saturated heterocycles. The van der Waals surface area contributed by atoms with Crippen molar-refractivity contribution in [2.75, 3.05) is 20.0 Å². The van der Waals surface area contributed by atoms with Crippen molar-refractivity contribution < 1.29 is 14.4 Å². The van der Waals surface area contributed by atoms with Crippen LogP contribution in [-0.4, -0.2) is 39.1 Å². The summed E-state index contributed by atoms with van der Waals surface area (Å²) in [5, 5.41) is 10.5. The standard InChI is InChI=1S/C6H6ClN3O3.C6H8ClN3O/c1-3-8-5(7)4(10(11)12)6(9-3)13-2;1-3-9-5(7)4(8)6(10-3)11-2/h1-2H3;8H2,1-2H3. The van der Waals surface area contributed by atoms with Crippen LogP contribution >= 0.6 is 23.2 Å². The lowest BCUT2D eigenvalue weighted by molar-refractivity contribution is -0.386. The summed E-state index contributed by atoms with van der Waals surface area (Å²) in [4.78, 5) is 24.9. The molecule has 0 spiro atoms. The highest BCUT2D eigenvalue weighted by Crippen LogP contribution is 2.30. The van der Waals surface area contributed by atoms with Crippen LogP contribution in [0.1, 0.15) is 11.6 Å². The maximum Gasteiger partial charge on any atom is 0.367 e. The van der Waals surface area contributed by atoms with Crippen LogP contribution in [0.3, 0.4) is 0 Å². The zero-order valence-corrected chi connectivity index (χ0v) is 14.7. The zero-order chi connectivity index (χ0) is 18.4. The molecule has 0 aliphatic carbocycles. The third-order valence-electron chi connectivity index (χ3n) is 2.47. The molecule has 2 heterocycles. The number of hydrogen-bond donors (Lipinski definition) is 1. The molecule has 0 bridgehead atoms. The Bertz CT molecular complexity index is 759. The topological polar surface area (TPSA) is 139 Å². The Balaban J connectivity index is 0.000000243. The van der Waals surface area contributed by atoms with Gasteiger partial charge in [0.05, 0.1) is 19.1 Å². The molecule has 0 aliphatic heterocycles. The third-order valence-corrected chi connectivity index (χ3v) is 3.02. The molecular weight excluding hydrogens is 363 g/mol. The molecule has 2 N–H and O–H groups in total. The number of nitrogen functional groups attached to an aromatic ring is 1. The van der Waals surface area contributed by atoms with Gasteiger partial charge in [0, 0.05) is 0 Å². The first-order valence-electron chi connectivity index (χ1n) is 6.27. The molecule has 24 heavy (non-hydrogen) atoms. The molecule has 0 aliphatic rings. The summed E-state index contributed by atoms with van der Waals surface area (Å²) in [7, 11) is 2.76. The average Bonchev–Trinajstić information content (AvgIpc) is 2.50. The van der Waals surface area contributed by atoms with Crippen molar-refractivity contribution in [2.45, 2.75) is 13.8 Å². The van der Waals surface area contributed by atoms with Crippen LogP contribution in [0.25, 0.3) is 0 Å². The van der Waals surface area contributed by atoms with Gasteiger partial charge in [0.2, 0.25) is 11.0 Å². The van der Waals surface area contributed by atoms with E-state index in [1.54, 1.807) is 13.8 Å². The van der Waals surface area contributed by atoms with Gasteiger partial charge in [-0.05, 0) is 13.8 Å². The van der Waals surface area contributed by atoms with Crippen molar-refractivity contribution in [3.05, 3.63) is 32.1 Å². The van der Waals surface area contributed by atoms with Crippen molar-refractivity contribution in [3.8, 4) is 11.8 Å². The molecule has 0 fully saturated rings. The number of aryl methyl sites for hydroxylation is 2. The van der Waals surface area contributed by atoms with Gasteiger partial charge >= 0.3 is 5.69 Å². The first-order chi connectivity index (χ1) is 11.2. The van der Waals surface area contributed by atoms with Gasteiger partial charge < -0.3 is 15.2 Å². The van der Waals surface area contributed by atoms with E-state index < -0.39 is 10.6 Å². The van der Waals surface area contributed by atoms with Gasteiger partial charge in [-0.25, -0.2) is 9.97 Å². The van der Waals surface area contributed by atoms with E-state index in [0.717, 1.165) is 0 Å². The maximum atomic E-state index is 10.5. The van der Waals surface area contributed by atoms with Crippen LogP contribution in [-0.2, 0) is 0 Å². The maximum absolute atomic E-state index is 10.5. The number of anilines is 1. The number of halogens is 2. The van der Waals surface area contributed by atoms with E-state index in [1.807, 2.05) is 0 Å². The van der Waals surface area contributed by atoms with Crippen molar-refractivity contribution in [3.63, 3.8) is 0 Å². The summed E-state index contributed by atoms with van der Waals surface area (Å²) in [6, 6.07) is 0.